The molecule has 9 nitrogen and oxygen atoms in total. The molecule has 12 heteroatoms. The molecule has 214 valence electrons. The number of nitrogens with one attached hydrogen (secondary N) is 1. The lowest BCUT2D eigenvalue weighted by atomic mass is 9.98. The number of aliphatic carboxylic acids is 1. The fourth-order valence-electron chi connectivity index (χ4n) is 3.21. The van der Waals surface area contributed by atoms with Gasteiger partial charge in [0.15, 0.2) is 23.2 Å². The first kappa shape index (κ1) is 32.9. The number of nitrogens with zero attached hydrogens (tertiary/aromatic N) is 1. The number of carbonyl (C=O) groups excluding carboxylic acids is 2. The summed E-state index contributed by atoms with van der Waals surface area (Å²) in [5.41, 5.74) is 7.97. The Morgan fingerprint density at radius 1 is 1.00 bits per heavy atom. The van der Waals surface area contributed by atoms with Crippen LogP contribution in [0.1, 0.15) is 37.8 Å². The number of hydrogen-bond donors (Lipinski definition) is 3. The Morgan fingerprint density at radius 2 is 1.59 bits per heavy atom. The van der Waals surface area contributed by atoms with Gasteiger partial charge in [0.05, 0.1) is 14.2 Å². The number of ether oxygens (including phenoxy) is 2. The molecule has 0 fully saturated rings. The quantitative estimate of drug-likeness (QED) is 0.283. The van der Waals surface area contributed by atoms with Gasteiger partial charge in [0.1, 0.15) is 6.04 Å². The second kappa shape index (κ2) is 16.0. The number of rotatable bonds is 11. The van der Waals surface area contributed by atoms with Crippen molar-refractivity contribution in [2.75, 3.05) is 14.2 Å². The van der Waals surface area contributed by atoms with Crippen LogP contribution < -0.4 is 20.5 Å². The summed E-state index contributed by atoms with van der Waals surface area (Å²) in [6.07, 6.45) is -2.93. The summed E-state index contributed by atoms with van der Waals surface area (Å²) in [5, 5.41) is 9.69. The molecule has 0 aliphatic carbocycles. The number of aryl methyl sites for hydroxylation is 1. The zero-order chi connectivity index (χ0) is 29.6. The molecule has 1 atom stereocenters. The molecule has 39 heavy (non-hydrogen) atoms. The maximum Gasteiger partial charge on any atom is 0.490 e. The number of alkyl halides is 3. The SMILES string of the molecule is COc1ccc(CCCC(=O)[C@@H](Cc2ccccc2)N=C(N)NC(=O)C(C)C)cc1OC.O=C(O)C(F)(F)F. The highest BCUT2D eigenvalue weighted by molar-refractivity contribution is 5.98. The minimum absolute atomic E-state index is 0.0175. The molecule has 0 saturated carbocycles. The number of halogens is 3. The Morgan fingerprint density at radius 3 is 2.10 bits per heavy atom. The van der Waals surface area contributed by atoms with E-state index in [0.717, 1.165) is 11.1 Å². The highest BCUT2D eigenvalue weighted by Gasteiger charge is 2.38. The first-order valence-electron chi connectivity index (χ1n) is 12.0. The van der Waals surface area contributed by atoms with Crippen LogP contribution in [0.15, 0.2) is 53.5 Å². The third-order valence-corrected chi connectivity index (χ3v) is 5.29. The number of carboxylic acid groups (broad SMARTS) is 1. The van der Waals surface area contributed by atoms with E-state index in [0.29, 0.717) is 37.2 Å². The molecule has 0 unspecified atom stereocenters. The van der Waals surface area contributed by atoms with Crippen LogP contribution in [0.3, 0.4) is 0 Å². The number of amides is 1. The number of aliphatic imine (C=N–C) groups is 1. The van der Waals surface area contributed by atoms with Crippen molar-refractivity contribution < 1.29 is 42.1 Å². The Bertz CT molecular complexity index is 1120. The molecule has 0 saturated heterocycles. The Balaban J connectivity index is 0.000000956. The van der Waals surface area contributed by atoms with Crippen molar-refractivity contribution in [1.82, 2.24) is 5.32 Å². The van der Waals surface area contributed by atoms with Crippen LogP contribution in [0, 0.1) is 5.92 Å². The number of Topliss-reactive ketones (excluding diaryl/α,β-unsaturated/α-hetero) is 1. The number of nitrogens with two attached hydrogens (primary N) is 1. The highest BCUT2D eigenvalue weighted by atomic mass is 19.4. The zero-order valence-corrected chi connectivity index (χ0v) is 22.2. The standard InChI is InChI=1S/C25H33N3O4.C2HF3O2/c1-17(2)24(30)28-25(26)27-20(15-18-9-6-5-7-10-18)21(29)12-8-11-19-13-14-22(31-3)23(16-19)32-4;3-2(4,5)1(6)7/h5-7,9-10,13-14,16-17,20H,8,11-12,15H2,1-4H3,(H3,26,27,28,30);(H,6,7)/t20-;/m1./s1. The summed E-state index contributed by atoms with van der Waals surface area (Å²) in [5.74, 6) is -1.93. The average molecular weight is 554 g/mol. The van der Waals surface area contributed by atoms with Gasteiger partial charge in [0.25, 0.3) is 0 Å². The van der Waals surface area contributed by atoms with Crippen LogP contribution in [0.5, 0.6) is 11.5 Å². The second-order valence-corrected chi connectivity index (χ2v) is 8.68. The summed E-state index contributed by atoms with van der Waals surface area (Å²) in [4.78, 5) is 38.2. The molecule has 0 bridgehead atoms. The van der Waals surface area contributed by atoms with Gasteiger partial charge in [-0.05, 0) is 36.1 Å². The van der Waals surface area contributed by atoms with Gasteiger partial charge in [-0.15, -0.1) is 0 Å². The van der Waals surface area contributed by atoms with Crippen LogP contribution in [-0.2, 0) is 27.2 Å². The third kappa shape index (κ3) is 12.3. The molecule has 0 aliphatic heterocycles. The lowest BCUT2D eigenvalue weighted by molar-refractivity contribution is -0.192. The third-order valence-electron chi connectivity index (χ3n) is 5.29. The summed E-state index contributed by atoms with van der Waals surface area (Å²) in [6, 6.07) is 14.7. The van der Waals surface area contributed by atoms with Crippen molar-refractivity contribution >= 4 is 23.6 Å². The monoisotopic (exact) mass is 553 g/mol. The molecule has 0 spiro atoms. The van der Waals surface area contributed by atoms with Crippen LogP contribution >= 0.6 is 0 Å². The van der Waals surface area contributed by atoms with E-state index in [1.807, 2.05) is 48.5 Å². The lowest BCUT2D eigenvalue weighted by Gasteiger charge is -2.14. The second-order valence-electron chi connectivity index (χ2n) is 8.68. The van der Waals surface area contributed by atoms with Gasteiger partial charge in [0, 0.05) is 18.8 Å². The topological polar surface area (TPSA) is 140 Å². The Labute approximate surface area is 225 Å². The largest absolute Gasteiger partial charge is 0.493 e. The van der Waals surface area contributed by atoms with Crippen molar-refractivity contribution in [2.45, 2.75) is 51.7 Å². The summed E-state index contributed by atoms with van der Waals surface area (Å²) in [7, 11) is 3.19. The van der Waals surface area contributed by atoms with Gasteiger partial charge in [-0.2, -0.15) is 13.2 Å². The Hall–Kier alpha value is -4.09. The lowest BCUT2D eigenvalue weighted by Crippen LogP contribution is -2.41. The van der Waals surface area contributed by atoms with E-state index in [1.165, 1.54) is 0 Å². The normalized spacial score (nSPS) is 12.2. The van der Waals surface area contributed by atoms with Crippen molar-refractivity contribution in [3.8, 4) is 11.5 Å². The zero-order valence-electron chi connectivity index (χ0n) is 22.2. The Kier molecular flexibility index (Phi) is 13.5. The summed E-state index contributed by atoms with van der Waals surface area (Å²) < 4.78 is 42.3. The highest BCUT2D eigenvalue weighted by Crippen LogP contribution is 2.28. The first-order chi connectivity index (χ1) is 18.3. The van der Waals surface area contributed by atoms with E-state index in [9.17, 15) is 22.8 Å². The smallest absolute Gasteiger partial charge is 0.490 e. The minimum Gasteiger partial charge on any atom is -0.493 e. The van der Waals surface area contributed by atoms with Crippen LogP contribution in [0.2, 0.25) is 0 Å². The van der Waals surface area contributed by atoms with E-state index < -0.39 is 18.2 Å². The van der Waals surface area contributed by atoms with Gasteiger partial charge in [-0.3, -0.25) is 14.9 Å². The predicted octanol–water partition coefficient (Wildman–Crippen LogP) is 3.93. The van der Waals surface area contributed by atoms with Gasteiger partial charge in [-0.25, -0.2) is 9.79 Å². The molecule has 4 N–H and O–H groups in total. The molecule has 0 heterocycles. The maximum atomic E-state index is 13.0. The van der Waals surface area contributed by atoms with Gasteiger partial charge in [0.2, 0.25) is 5.91 Å². The molecule has 0 aromatic heterocycles. The molecule has 0 aliphatic rings. The number of carbonyl (C=O) groups is 3. The first-order valence-corrected chi connectivity index (χ1v) is 12.0. The molecule has 1 amide bonds. The fraction of sp³-hybridized carbons (Fsp3) is 0.407. The predicted molar refractivity (Wildman–Crippen MR) is 140 cm³/mol. The number of benzene rings is 2. The average Bonchev–Trinajstić information content (AvgIpc) is 2.88. The van der Waals surface area contributed by atoms with Crippen molar-refractivity contribution in [3.63, 3.8) is 0 Å². The molecular formula is C27H34F3N3O6. The molecule has 2 aromatic rings. The van der Waals surface area contributed by atoms with E-state index in [-0.39, 0.29) is 23.6 Å². The van der Waals surface area contributed by atoms with E-state index in [4.69, 9.17) is 25.1 Å². The van der Waals surface area contributed by atoms with Gasteiger partial charge >= 0.3 is 12.1 Å². The number of hydrogen-bond acceptors (Lipinski definition) is 6. The fourth-order valence-corrected chi connectivity index (χ4v) is 3.21. The van der Waals surface area contributed by atoms with E-state index >= 15 is 0 Å². The van der Waals surface area contributed by atoms with E-state index in [1.54, 1.807) is 28.1 Å². The minimum atomic E-state index is -5.08. The van der Waals surface area contributed by atoms with Crippen molar-refractivity contribution in [3.05, 3.63) is 59.7 Å². The van der Waals surface area contributed by atoms with Crippen LogP contribution in [-0.4, -0.2) is 55.2 Å². The number of methoxy groups -OCH3 is 2. The molecular weight excluding hydrogens is 519 g/mol. The number of carboxylic acids is 1. The summed E-state index contributed by atoms with van der Waals surface area (Å²) in [6.45, 7) is 3.53. The number of ketones is 1. The number of guanidine groups is 1. The van der Waals surface area contributed by atoms with E-state index in [2.05, 4.69) is 10.3 Å². The van der Waals surface area contributed by atoms with Crippen LogP contribution in [0.25, 0.3) is 0 Å². The van der Waals surface area contributed by atoms with Gasteiger partial charge in [-0.1, -0.05) is 50.2 Å². The van der Waals surface area contributed by atoms with Crippen molar-refractivity contribution in [1.29, 1.82) is 0 Å². The van der Waals surface area contributed by atoms with Gasteiger partial charge < -0.3 is 20.3 Å². The molecule has 2 rings (SSSR count). The molecule has 2 aromatic carbocycles. The molecule has 0 radical (unpaired) electrons. The van der Waals surface area contributed by atoms with Crippen molar-refractivity contribution in [2.24, 2.45) is 16.6 Å². The maximum absolute atomic E-state index is 13.0. The van der Waals surface area contributed by atoms with Crippen LogP contribution in [0.4, 0.5) is 13.2 Å². The summed E-state index contributed by atoms with van der Waals surface area (Å²) >= 11 is 0.